The molecule has 0 saturated heterocycles. The molecule has 17 heavy (non-hydrogen) atoms. The summed E-state index contributed by atoms with van der Waals surface area (Å²) in [7, 11) is 0. The van der Waals surface area contributed by atoms with Crippen LogP contribution in [-0.2, 0) is 6.18 Å². The van der Waals surface area contributed by atoms with E-state index in [0.29, 0.717) is 4.52 Å². The van der Waals surface area contributed by atoms with Gasteiger partial charge in [0.1, 0.15) is 5.15 Å². The molecule has 2 aromatic rings. The monoisotopic (exact) mass is 271 g/mol. The molecule has 0 aliphatic carbocycles. The highest BCUT2D eigenvalue weighted by Gasteiger charge is 2.36. The fourth-order valence-electron chi connectivity index (χ4n) is 1.21. The number of rotatable bonds is 1. The largest absolute Gasteiger partial charge is 0.453 e. The van der Waals surface area contributed by atoms with E-state index in [4.69, 9.17) is 11.6 Å². The third-order valence-corrected chi connectivity index (χ3v) is 2.19. The van der Waals surface area contributed by atoms with Crippen molar-refractivity contribution in [3.8, 4) is 0 Å². The van der Waals surface area contributed by atoms with Gasteiger partial charge in [-0.3, -0.25) is 0 Å². The van der Waals surface area contributed by atoms with E-state index in [-0.39, 0.29) is 10.8 Å². The number of fused-ring (bicyclic) bond motifs is 1. The zero-order chi connectivity index (χ0) is 12.8. The first-order valence-corrected chi connectivity index (χ1v) is 4.58. The number of aromatic nitrogens is 3. The van der Waals surface area contributed by atoms with Gasteiger partial charge in [0.15, 0.2) is 5.65 Å². The third-order valence-electron chi connectivity index (χ3n) is 1.92. The molecule has 0 fully saturated rings. The summed E-state index contributed by atoms with van der Waals surface area (Å²) >= 11 is 5.53. The fourth-order valence-corrected chi connectivity index (χ4v) is 1.46. The highest BCUT2D eigenvalue weighted by molar-refractivity contribution is 6.29. The van der Waals surface area contributed by atoms with Gasteiger partial charge in [-0.2, -0.15) is 13.2 Å². The number of hydrogen-bond acceptors (Lipinski definition) is 2. The first kappa shape index (κ1) is 12.0. The van der Waals surface area contributed by atoms with Gasteiger partial charge in [0.2, 0.25) is 0 Å². The van der Waals surface area contributed by atoms with Gasteiger partial charge < -0.3 is 0 Å². The molecule has 92 valence electrons. The van der Waals surface area contributed by atoms with Crippen LogP contribution in [0.2, 0.25) is 5.15 Å². The summed E-state index contributed by atoms with van der Waals surface area (Å²) in [4.78, 5) is 3.10. The second-order valence-electron chi connectivity index (χ2n) is 3.12. The minimum Gasteiger partial charge on any atom is -0.205 e. The normalized spacial score (nSPS) is 12.6. The molecule has 0 spiro atoms. The lowest BCUT2D eigenvalue weighted by atomic mass is 10.3. The van der Waals surface area contributed by atoms with Crippen molar-refractivity contribution < 1.29 is 22.0 Å². The van der Waals surface area contributed by atoms with Crippen LogP contribution in [0.25, 0.3) is 5.65 Å². The highest BCUT2D eigenvalue weighted by Crippen LogP contribution is 2.29. The van der Waals surface area contributed by atoms with Crippen LogP contribution in [0.4, 0.5) is 22.0 Å². The van der Waals surface area contributed by atoms with Gasteiger partial charge in [0, 0.05) is 5.56 Å². The van der Waals surface area contributed by atoms with Gasteiger partial charge in [-0.05, 0) is 12.1 Å². The highest BCUT2D eigenvalue weighted by atomic mass is 35.5. The average Bonchev–Trinajstić information content (AvgIpc) is 2.60. The Hall–Kier alpha value is -1.44. The van der Waals surface area contributed by atoms with Crippen molar-refractivity contribution in [2.24, 2.45) is 0 Å². The Bertz CT molecular complexity index is 562. The van der Waals surface area contributed by atoms with Gasteiger partial charge in [0.25, 0.3) is 12.2 Å². The minimum absolute atomic E-state index is 0.360. The molecule has 2 aromatic heterocycles. The molecule has 0 unspecified atom stereocenters. The maximum atomic E-state index is 12.4. The van der Waals surface area contributed by atoms with Crippen LogP contribution in [-0.4, -0.2) is 14.6 Å². The molecule has 0 bridgehead atoms. The van der Waals surface area contributed by atoms with Gasteiger partial charge >= 0.3 is 6.18 Å². The summed E-state index contributed by atoms with van der Waals surface area (Å²) in [5, 5.41) is 2.73. The van der Waals surface area contributed by atoms with E-state index in [1.807, 2.05) is 0 Å². The quantitative estimate of drug-likeness (QED) is 0.588. The Kier molecular flexibility index (Phi) is 2.69. The first-order valence-electron chi connectivity index (χ1n) is 4.20. The molecule has 0 aromatic carbocycles. The lowest BCUT2D eigenvalue weighted by Gasteiger charge is -2.01. The van der Waals surface area contributed by atoms with E-state index in [1.54, 1.807) is 0 Å². The number of alkyl halides is 5. The van der Waals surface area contributed by atoms with Crippen LogP contribution in [0.1, 0.15) is 17.8 Å². The van der Waals surface area contributed by atoms with Crippen molar-refractivity contribution >= 4 is 17.2 Å². The van der Waals surface area contributed by atoms with Crippen LogP contribution >= 0.6 is 11.6 Å². The van der Waals surface area contributed by atoms with Crippen molar-refractivity contribution in [3.63, 3.8) is 0 Å². The summed E-state index contributed by atoms with van der Waals surface area (Å²) in [5.74, 6) is -1.43. The second-order valence-corrected chi connectivity index (χ2v) is 3.50. The first-order chi connectivity index (χ1) is 7.79. The van der Waals surface area contributed by atoms with Crippen molar-refractivity contribution in [2.75, 3.05) is 0 Å². The molecule has 0 amide bonds. The van der Waals surface area contributed by atoms with E-state index in [9.17, 15) is 22.0 Å². The summed E-state index contributed by atoms with van der Waals surface area (Å²) < 4.78 is 62.3. The zero-order valence-electron chi connectivity index (χ0n) is 7.84. The molecule has 0 aliphatic rings. The fraction of sp³-hybridized carbons (Fsp3) is 0.250. The number of halogens is 6. The van der Waals surface area contributed by atoms with Crippen LogP contribution in [0.5, 0.6) is 0 Å². The van der Waals surface area contributed by atoms with E-state index < -0.39 is 24.0 Å². The predicted octanol–water partition coefficient (Wildman–Crippen LogP) is 3.34. The van der Waals surface area contributed by atoms with Crippen LogP contribution in [0, 0.1) is 0 Å². The van der Waals surface area contributed by atoms with Crippen LogP contribution in [0.3, 0.4) is 0 Å². The van der Waals surface area contributed by atoms with Crippen molar-refractivity contribution in [3.05, 3.63) is 28.7 Å². The number of hydrogen-bond donors (Lipinski definition) is 0. The molecule has 0 radical (unpaired) electrons. The third kappa shape index (κ3) is 2.17. The molecule has 2 heterocycles. The van der Waals surface area contributed by atoms with E-state index >= 15 is 0 Å². The van der Waals surface area contributed by atoms with Gasteiger partial charge in [-0.25, -0.2) is 18.3 Å². The Labute approximate surface area is 95.8 Å². The standard InChI is InChI=1S/C8H3ClF5N3/c9-4-1-3(6(10)11)2-5-15-7(8(12,13)14)16-17(4)5/h1-2,6H. The second kappa shape index (κ2) is 3.80. The molecule has 0 saturated carbocycles. The van der Waals surface area contributed by atoms with Gasteiger partial charge in [0.05, 0.1) is 0 Å². The zero-order valence-corrected chi connectivity index (χ0v) is 8.60. The maximum absolute atomic E-state index is 12.4. The van der Waals surface area contributed by atoms with E-state index in [0.717, 1.165) is 12.1 Å². The Balaban J connectivity index is 2.65. The van der Waals surface area contributed by atoms with Crippen LogP contribution < -0.4 is 0 Å². The number of nitrogens with zero attached hydrogens (tertiary/aromatic N) is 3. The van der Waals surface area contributed by atoms with E-state index in [1.165, 1.54) is 0 Å². The average molecular weight is 272 g/mol. The van der Waals surface area contributed by atoms with Crippen molar-refractivity contribution in [1.82, 2.24) is 14.6 Å². The molecule has 2 rings (SSSR count). The Morgan fingerprint density at radius 3 is 2.41 bits per heavy atom. The topological polar surface area (TPSA) is 30.2 Å². The predicted molar refractivity (Wildman–Crippen MR) is 48.0 cm³/mol. The van der Waals surface area contributed by atoms with Gasteiger partial charge in [-0.1, -0.05) is 11.6 Å². The summed E-state index contributed by atoms with van der Waals surface area (Å²) in [6.45, 7) is 0. The molecule has 3 nitrogen and oxygen atoms in total. The van der Waals surface area contributed by atoms with Gasteiger partial charge in [-0.15, -0.1) is 5.10 Å². The molecule has 9 heteroatoms. The van der Waals surface area contributed by atoms with Crippen molar-refractivity contribution in [1.29, 1.82) is 0 Å². The van der Waals surface area contributed by atoms with Crippen molar-refractivity contribution in [2.45, 2.75) is 12.6 Å². The summed E-state index contributed by atoms with van der Waals surface area (Å²) in [6, 6.07) is 1.65. The van der Waals surface area contributed by atoms with Crippen LogP contribution in [0.15, 0.2) is 12.1 Å². The molecular weight excluding hydrogens is 269 g/mol. The Morgan fingerprint density at radius 1 is 1.24 bits per heavy atom. The smallest absolute Gasteiger partial charge is 0.205 e. The molecular formula is C8H3ClF5N3. The molecule has 0 atom stereocenters. The maximum Gasteiger partial charge on any atom is 0.453 e. The lowest BCUT2D eigenvalue weighted by molar-refractivity contribution is -0.144. The molecule has 0 N–H and O–H groups in total. The molecule has 0 aliphatic heterocycles. The minimum atomic E-state index is -4.75. The summed E-state index contributed by atoms with van der Waals surface area (Å²) in [6.07, 6.45) is -7.59. The van der Waals surface area contributed by atoms with E-state index in [2.05, 4.69) is 10.1 Å². The lowest BCUT2D eigenvalue weighted by Crippen LogP contribution is -2.07. The number of pyridine rings is 1. The summed E-state index contributed by atoms with van der Waals surface area (Å²) in [5.41, 5.74) is -0.885. The SMILES string of the molecule is FC(F)c1cc(Cl)n2nc(C(F)(F)F)nc2c1. The Morgan fingerprint density at radius 2 is 1.88 bits per heavy atom.